The van der Waals surface area contributed by atoms with E-state index < -0.39 is 12.0 Å². The summed E-state index contributed by atoms with van der Waals surface area (Å²) >= 11 is 0. The third-order valence-electron chi connectivity index (χ3n) is 3.54. The number of halogens is 1. The van der Waals surface area contributed by atoms with Crippen LogP contribution in [0.25, 0.3) is 11.3 Å². The van der Waals surface area contributed by atoms with Crippen LogP contribution in [-0.4, -0.2) is 29.1 Å². The van der Waals surface area contributed by atoms with Gasteiger partial charge in [0.15, 0.2) is 0 Å². The van der Waals surface area contributed by atoms with Gasteiger partial charge < -0.3 is 9.52 Å². The van der Waals surface area contributed by atoms with E-state index in [2.05, 4.69) is 0 Å². The van der Waals surface area contributed by atoms with E-state index in [4.69, 9.17) is 9.52 Å². The van der Waals surface area contributed by atoms with E-state index in [0.29, 0.717) is 18.1 Å². The van der Waals surface area contributed by atoms with Crippen LogP contribution in [0, 0.1) is 12.7 Å². The van der Waals surface area contributed by atoms with Gasteiger partial charge in [0.2, 0.25) is 0 Å². The smallest absolute Gasteiger partial charge is 0.320 e. The molecule has 1 aromatic heterocycles. The van der Waals surface area contributed by atoms with Gasteiger partial charge in [-0.15, -0.1) is 0 Å². The van der Waals surface area contributed by atoms with Crippen molar-refractivity contribution in [2.75, 3.05) is 7.05 Å². The molecule has 1 atom stereocenters. The molecule has 0 aliphatic heterocycles. The van der Waals surface area contributed by atoms with E-state index in [1.807, 2.05) is 19.1 Å². The second-order valence-corrected chi connectivity index (χ2v) is 5.15. The van der Waals surface area contributed by atoms with Crippen LogP contribution in [0.1, 0.15) is 18.2 Å². The summed E-state index contributed by atoms with van der Waals surface area (Å²) in [7, 11) is 1.73. The van der Waals surface area contributed by atoms with Crippen molar-refractivity contribution in [2.24, 2.45) is 0 Å². The van der Waals surface area contributed by atoms with Gasteiger partial charge in [-0.25, -0.2) is 4.39 Å². The van der Waals surface area contributed by atoms with E-state index in [1.165, 1.54) is 12.1 Å². The molecule has 112 valence electrons. The van der Waals surface area contributed by atoms with Crippen LogP contribution in [0.5, 0.6) is 0 Å². The number of benzene rings is 1. The fraction of sp³-hybridized carbons (Fsp3) is 0.312. The van der Waals surface area contributed by atoms with Crippen molar-refractivity contribution in [2.45, 2.75) is 26.4 Å². The van der Waals surface area contributed by atoms with E-state index >= 15 is 0 Å². The van der Waals surface area contributed by atoms with Gasteiger partial charge in [0.25, 0.3) is 0 Å². The highest BCUT2D eigenvalue weighted by molar-refractivity contribution is 5.72. The summed E-state index contributed by atoms with van der Waals surface area (Å²) in [5.41, 5.74) is 1.62. The Morgan fingerprint density at radius 1 is 1.38 bits per heavy atom. The highest BCUT2D eigenvalue weighted by Crippen LogP contribution is 2.26. The average molecular weight is 291 g/mol. The fourth-order valence-corrected chi connectivity index (χ4v) is 2.08. The Balaban J connectivity index is 2.16. The predicted octanol–water partition coefficient (Wildman–Crippen LogP) is 3.30. The van der Waals surface area contributed by atoms with Gasteiger partial charge in [0, 0.05) is 5.56 Å². The third-order valence-corrected chi connectivity index (χ3v) is 3.54. The number of carboxylic acids is 1. The number of furan rings is 1. The predicted molar refractivity (Wildman–Crippen MR) is 77.4 cm³/mol. The normalized spacial score (nSPS) is 12.6. The number of rotatable bonds is 5. The molecule has 1 heterocycles. The highest BCUT2D eigenvalue weighted by atomic mass is 19.1. The van der Waals surface area contributed by atoms with E-state index in [1.54, 1.807) is 24.9 Å². The Morgan fingerprint density at radius 3 is 2.71 bits per heavy atom. The minimum Gasteiger partial charge on any atom is -0.480 e. The number of hydrogen-bond donors (Lipinski definition) is 1. The standard InChI is InChI=1S/C16H18FNO3/c1-10-8-12(17)4-6-14(10)15-7-5-13(21-15)9-18(3)11(2)16(19)20/h4-8,11H,9H2,1-3H3,(H,19,20). The first-order valence-electron chi connectivity index (χ1n) is 6.66. The van der Waals surface area contributed by atoms with Crippen LogP contribution in [0.3, 0.4) is 0 Å². The third kappa shape index (κ3) is 3.49. The van der Waals surface area contributed by atoms with Gasteiger partial charge >= 0.3 is 5.97 Å². The fourth-order valence-electron chi connectivity index (χ4n) is 2.08. The number of aliphatic carboxylic acids is 1. The SMILES string of the molecule is Cc1cc(F)ccc1-c1ccc(CN(C)C(C)C(=O)O)o1. The van der Waals surface area contributed by atoms with Crippen LogP contribution in [0.4, 0.5) is 4.39 Å². The zero-order valence-electron chi connectivity index (χ0n) is 12.3. The van der Waals surface area contributed by atoms with Crippen molar-refractivity contribution in [3.8, 4) is 11.3 Å². The molecule has 5 heteroatoms. The number of aryl methyl sites for hydroxylation is 1. The molecule has 0 aliphatic rings. The zero-order chi connectivity index (χ0) is 15.6. The lowest BCUT2D eigenvalue weighted by molar-refractivity contribution is -0.142. The first-order chi connectivity index (χ1) is 9.88. The quantitative estimate of drug-likeness (QED) is 0.918. The topological polar surface area (TPSA) is 53.7 Å². The van der Waals surface area contributed by atoms with Crippen LogP contribution < -0.4 is 0 Å². The van der Waals surface area contributed by atoms with Crippen molar-refractivity contribution in [3.63, 3.8) is 0 Å². The summed E-state index contributed by atoms with van der Waals surface area (Å²) in [6.07, 6.45) is 0. The van der Waals surface area contributed by atoms with E-state index in [0.717, 1.165) is 11.1 Å². The minimum atomic E-state index is -0.876. The number of nitrogens with zero attached hydrogens (tertiary/aromatic N) is 1. The molecule has 21 heavy (non-hydrogen) atoms. The van der Waals surface area contributed by atoms with Gasteiger partial charge in [0.05, 0.1) is 6.54 Å². The summed E-state index contributed by atoms with van der Waals surface area (Å²) < 4.78 is 18.8. The Labute approximate surface area is 122 Å². The summed E-state index contributed by atoms with van der Waals surface area (Å²) in [5, 5.41) is 8.97. The van der Waals surface area contributed by atoms with Crippen molar-refractivity contribution < 1.29 is 18.7 Å². The van der Waals surface area contributed by atoms with Gasteiger partial charge in [-0.2, -0.15) is 0 Å². The van der Waals surface area contributed by atoms with Crippen molar-refractivity contribution in [1.82, 2.24) is 4.90 Å². The minimum absolute atomic E-state index is 0.280. The maximum atomic E-state index is 13.1. The molecule has 1 aromatic carbocycles. The lowest BCUT2D eigenvalue weighted by Gasteiger charge is -2.19. The van der Waals surface area contributed by atoms with Crippen LogP contribution in [-0.2, 0) is 11.3 Å². The molecule has 0 fully saturated rings. The summed E-state index contributed by atoms with van der Waals surface area (Å²) in [6, 6.07) is 7.56. The number of hydrogen-bond acceptors (Lipinski definition) is 3. The molecule has 0 amide bonds. The van der Waals surface area contributed by atoms with Crippen molar-refractivity contribution >= 4 is 5.97 Å². The molecule has 0 radical (unpaired) electrons. The second kappa shape index (κ2) is 6.10. The maximum Gasteiger partial charge on any atom is 0.320 e. The molecule has 4 nitrogen and oxygen atoms in total. The van der Waals surface area contributed by atoms with E-state index in [-0.39, 0.29) is 5.82 Å². The number of carbonyl (C=O) groups is 1. The highest BCUT2D eigenvalue weighted by Gasteiger charge is 2.18. The molecule has 0 saturated carbocycles. The molecular formula is C16H18FNO3. The molecule has 1 unspecified atom stereocenters. The van der Waals surface area contributed by atoms with Gasteiger partial charge in [-0.3, -0.25) is 9.69 Å². The molecule has 2 rings (SSSR count). The first-order valence-corrected chi connectivity index (χ1v) is 6.66. The molecule has 0 aliphatic carbocycles. The summed E-state index contributed by atoms with van der Waals surface area (Å²) in [4.78, 5) is 12.6. The zero-order valence-corrected chi connectivity index (χ0v) is 12.3. The van der Waals surface area contributed by atoms with Gasteiger partial charge in [0.1, 0.15) is 23.4 Å². The molecule has 0 spiro atoms. The molecule has 2 aromatic rings. The number of likely N-dealkylation sites (N-methyl/N-ethyl adjacent to an activating group) is 1. The monoisotopic (exact) mass is 291 g/mol. The molecule has 1 N–H and O–H groups in total. The second-order valence-electron chi connectivity index (χ2n) is 5.15. The Hall–Kier alpha value is -2.14. The Bertz CT molecular complexity index is 651. The lowest BCUT2D eigenvalue weighted by Crippen LogP contribution is -2.35. The van der Waals surface area contributed by atoms with Gasteiger partial charge in [-0.1, -0.05) is 0 Å². The van der Waals surface area contributed by atoms with Crippen LogP contribution in [0.15, 0.2) is 34.7 Å². The van der Waals surface area contributed by atoms with Gasteiger partial charge in [-0.05, 0) is 56.8 Å². The van der Waals surface area contributed by atoms with Crippen LogP contribution in [0.2, 0.25) is 0 Å². The average Bonchev–Trinajstić information content (AvgIpc) is 2.85. The largest absolute Gasteiger partial charge is 0.480 e. The summed E-state index contributed by atoms with van der Waals surface area (Å²) in [5.74, 6) is 0.167. The maximum absolute atomic E-state index is 13.1. The Morgan fingerprint density at radius 2 is 2.10 bits per heavy atom. The molecular weight excluding hydrogens is 273 g/mol. The number of carboxylic acid groups (broad SMARTS) is 1. The Kier molecular flexibility index (Phi) is 4.43. The first kappa shape index (κ1) is 15.3. The van der Waals surface area contributed by atoms with Crippen molar-refractivity contribution in [1.29, 1.82) is 0 Å². The van der Waals surface area contributed by atoms with Crippen LogP contribution >= 0.6 is 0 Å². The summed E-state index contributed by atoms with van der Waals surface area (Å²) in [6.45, 7) is 3.84. The molecule has 0 saturated heterocycles. The molecule has 0 bridgehead atoms. The van der Waals surface area contributed by atoms with Crippen molar-refractivity contribution in [3.05, 3.63) is 47.5 Å². The lowest BCUT2D eigenvalue weighted by atomic mass is 10.1. The van der Waals surface area contributed by atoms with E-state index in [9.17, 15) is 9.18 Å².